The standard InChI is InChI=1S/C19H23N3O5S/c1-3-22(17-9-10-28(25,26)13-17)12-15(11-20)18(23)21-16-7-5-14(6-8-16)19(24)27-4-2/h5-8,12,17H,3-4,9-10,13H2,1-2H3,(H,21,23)/b15-12-. The average Bonchev–Trinajstić information content (AvgIpc) is 3.03. The van der Waals surface area contributed by atoms with Gasteiger partial charge in [0.25, 0.3) is 5.91 Å². The van der Waals surface area contributed by atoms with Gasteiger partial charge in [-0.1, -0.05) is 0 Å². The van der Waals surface area contributed by atoms with Gasteiger partial charge in [-0.3, -0.25) is 4.79 Å². The SMILES string of the molecule is CCOC(=O)c1ccc(NC(=O)/C(C#N)=C\N(CC)C2CCS(=O)(=O)C2)cc1. The minimum absolute atomic E-state index is 0.0208. The van der Waals surface area contributed by atoms with Crippen LogP contribution >= 0.6 is 0 Å². The highest BCUT2D eigenvalue weighted by molar-refractivity contribution is 7.91. The molecular weight excluding hydrogens is 382 g/mol. The molecule has 1 fully saturated rings. The van der Waals surface area contributed by atoms with Gasteiger partial charge < -0.3 is 15.0 Å². The number of hydrogen-bond donors (Lipinski definition) is 1. The van der Waals surface area contributed by atoms with E-state index in [1.807, 2.05) is 13.0 Å². The third kappa shape index (κ3) is 5.57. The number of carbonyl (C=O) groups is 2. The fraction of sp³-hybridized carbons (Fsp3) is 0.421. The number of ether oxygens (including phenoxy) is 1. The summed E-state index contributed by atoms with van der Waals surface area (Å²) in [5.41, 5.74) is 0.654. The molecule has 1 atom stereocenters. The zero-order chi connectivity index (χ0) is 20.7. The minimum atomic E-state index is -3.07. The molecule has 1 heterocycles. The Kier molecular flexibility index (Phi) is 7.18. The Balaban J connectivity index is 2.09. The Bertz CT molecular complexity index is 900. The number of nitrogens with one attached hydrogen (secondary N) is 1. The van der Waals surface area contributed by atoms with Crippen LogP contribution in [0.25, 0.3) is 0 Å². The monoisotopic (exact) mass is 405 g/mol. The van der Waals surface area contributed by atoms with Crippen molar-refractivity contribution in [2.75, 3.05) is 30.0 Å². The lowest BCUT2D eigenvalue weighted by Gasteiger charge is -2.25. The fourth-order valence-electron chi connectivity index (χ4n) is 2.90. The maximum absolute atomic E-state index is 12.4. The van der Waals surface area contributed by atoms with E-state index >= 15 is 0 Å². The van der Waals surface area contributed by atoms with Crippen LogP contribution in [0.3, 0.4) is 0 Å². The van der Waals surface area contributed by atoms with Gasteiger partial charge in [-0.25, -0.2) is 13.2 Å². The van der Waals surface area contributed by atoms with E-state index in [1.54, 1.807) is 24.0 Å². The van der Waals surface area contributed by atoms with E-state index < -0.39 is 21.7 Å². The van der Waals surface area contributed by atoms with Gasteiger partial charge in [0, 0.05) is 24.5 Å². The highest BCUT2D eigenvalue weighted by atomic mass is 32.2. The molecule has 1 aliphatic heterocycles. The van der Waals surface area contributed by atoms with E-state index in [9.17, 15) is 23.3 Å². The van der Waals surface area contributed by atoms with Crippen LogP contribution in [-0.2, 0) is 19.4 Å². The average molecular weight is 405 g/mol. The molecule has 28 heavy (non-hydrogen) atoms. The summed E-state index contributed by atoms with van der Waals surface area (Å²) >= 11 is 0. The first-order valence-corrected chi connectivity index (χ1v) is 10.8. The summed E-state index contributed by atoms with van der Waals surface area (Å²) in [6.45, 7) is 4.29. The zero-order valence-corrected chi connectivity index (χ0v) is 16.7. The Hall–Kier alpha value is -2.86. The Morgan fingerprint density at radius 1 is 1.32 bits per heavy atom. The number of esters is 1. The van der Waals surface area contributed by atoms with Crippen LogP contribution in [0, 0.1) is 11.3 Å². The van der Waals surface area contributed by atoms with Crippen molar-refractivity contribution < 1.29 is 22.7 Å². The number of nitriles is 1. The third-order valence-corrected chi connectivity index (χ3v) is 6.11. The van der Waals surface area contributed by atoms with Crippen LogP contribution in [0.4, 0.5) is 5.69 Å². The molecule has 0 bridgehead atoms. The summed E-state index contributed by atoms with van der Waals surface area (Å²) < 4.78 is 28.3. The second-order valence-corrected chi connectivity index (χ2v) is 8.52. The van der Waals surface area contributed by atoms with Crippen molar-refractivity contribution in [3.8, 4) is 6.07 Å². The molecular formula is C19H23N3O5S. The second kappa shape index (κ2) is 9.37. The number of anilines is 1. The molecule has 0 aliphatic carbocycles. The van der Waals surface area contributed by atoms with Crippen molar-refractivity contribution >= 4 is 27.4 Å². The van der Waals surface area contributed by atoms with Crippen molar-refractivity contribution in [1.29, 1.82) is 5.26 Å². The van der Waals surface area contributed by atoms with E-state index in [0.29, 0.717) is 24.2 Å². The summed E-state index contributed by atoms with van der Waals surface area (Å²) in [7, 11) is -3.07. The lowest BCUT2D eigenvalue weighted by molar-refractivity contribution is -0.112. The molecule has 0 saturated carbocycles. The van der Waals surface area contributed by atoms with E-state index in [-0.39, 0.29) is 29.7 Å². The van der Waals surface area contributed by atoms with Gasteiger partial charge in [0.15, 0.2) is 9.84 Å². The van der Waals surface area contributed by atoms with Crippen LogP contribution in [0.15, 0.2) is 36.0 Å². The van der Waals surface area contributed by atoms with Crippen LogP contribution in [-0.4, -0.2) is 55.9 Å². The second-order valence-electron chi connectivity index (χ2n) is 6.29. The highest BCUT2D eigenvalue weighted by Crippen LogP contribution is 2.19. The normalized spacial score (nSPS) is 18.2. The van der Waals surface area contributed by atoms with Crippen LogP contribution in [0.1, 0.15) is 30.6 Å². The molecule has 150 valence electrons. The highest BCUT2D eigenvalue weighted by Gasteiger charge is 2.31. The Labute approximate surface area is 164 Å². The molecule has 1 unspecified atom stereocenters. The number of sulfone groups is 1. The molecule has 1 saturated heterocycles. The van der Waals surface area contributed by atoms with Gasteiger partial charge in [0.1, 0.15) is 11.6 Å². The van der Waals surface area contributed by atoms with E-state index in [4.69, 9.17) is 4.74 Å². The van der Waals surface area contributed by atoms with E-state index in [2.05, 4.69) is 5.32 Å². The van der Waals surface area contributed by atoms with E-state index in [0.717, 1.165) is 0 Å². The summed E-state index contributed by atoms with van der Waals surface area (Å²) in [4.78, 5) is 25.8. The first-order valence-electron chi connectivity index (χ1n) is 8.96. The van der Waals surface area contributed by atoms with Crippen molar-refractivity contribution in [3.63, 3.8) is 0 Å². The van der Waals surface area contributed by atoms with Crippen molar-refractivity contribution in [1.82, 2.24) is 4.90 Å². The topological polar surface area (TPSA) is 117 Å². The lowest BCUT2D eigenvalue weighted by atomic mass is 10.2. The van der Waals surface area contributed by atoms with Gasteiger partial charge in [0.2, 0.25) is 0 Å². The van der Waals surface area contributed by atoms with Crippen LogP contribution < -0.4 is 5.32 Å². The molecule has 0 radical (unpaired) electrons. The molecule has 0 spiro atoms. The first-order chi connectivity index (χ1) is 13.3. The summed E-state index contributed by atoms with van der Waals surface area (Å²) in [6, 6.07) is 7.74. The summed E-state index contributed by atoms with van der Waals surface area (Å²) in [6.07, 6.45) is 1.89. The minimum Gasteiger partial charge on any atom is -0.462 e. The number of carbonyl (C=O) groups excluding carboxylic acids is 2. The van der Waals surface area contributed by atoms with Gasteiger partial charge in [-0.15, -0.1) is 0 Å². The predicted molar refractivity (Wildman–Crippen MR) is 104 cm³/mol. The van der Waals surface area contributed by atoms with Crippen LogP contribution in [0.2, 0.25) is 0 Å². The molecule has 1 aromatic rings. The zero-order valence-electron chi connectivity index (χ0n) is 15.8. The summed E-state index contributed by atoms with van der Waals surface area (Å²) in [5, 5.41) is 12.0. The number of benzene rings is 1. The predicted octanol–water partition coefficient (Wildman–Crippen LogP) is 1.72. The lowest BCUT2D eigenvalue weighted by Crippen LogP contribution is -2.32. The van der Waals surface area contributed by atoms with Crippen molar-refractivity contribution in [3.05, 3.63) is 41.6 Å². The van der Waals surface area contributed by atoms with Crippen molar-refractivity contribution in [2.45, 2.75) is 26.3 Å². The third-order valence-electron chi connectivity index (χ3n) is 4.36. The quantitative estimate of drug-likeness (QED) is 0.417. The number of amides is 1. The summed E-state index contributed by atoms with van der Waals surface area (Å²) in [5.74, 6) is -0.927. The molecule has 1 aliphatic rings. The number of hydrogen-bond acceptors (Lipinski definition) is 7. The molecule has 9 heteroatoms. The van der Waals surface area contributed by atoms with Gasteiger partial charge in [0.05, 0.1) is 23.7 Å². The molecule has 0 aromatic heterocycles. The maximum Gasteiger partial charge on any atom is 0.338 e. The van der Waals surface area contributed by atoms with Gasteiger partial charge >= 0.3 is 5.97 Å². The van der Waals surface area contributed by atoms with Crippen molar-refractivity contribution in [2.24, 2.45) is 0 Å². The molecule has 1 N–H and O–H groups in total. The first kappa shape index (κ1) is 21.4. The Morgan fingerprint density at radius 2 is 2.00 bits per heavy atom. The largest absolute Gasteiger partial charge is 0.462 e. The molecule has 1 amide bonds. The molecule has 8 nitrogen and oxygen atoms in total. The smallest absolute Gasteiger partial charge is 0.338 e. The Morgan fingerprint density at radius 3 is 2.50 bits per heavy atom. The van der Waals surface area contributed by atoms with Gasteiger partial charge in [-0.05, 0) is 44.5 Å². The number of rotatable bonds is 7. The maximum atomic E-state index is 12.4. The molecule has 2 rings (SSSR count). The molecule has 1 aromatic carbocycles. The van der Waals surface area contributed by atoms with Crippen LogP contribution in [0.5, 0.6) is 0 Å². The van der Waals surface area contributed by atoms with Gasteiger partial charge in [-0.2, -0.15) is 5.26 Å². The fourth-order valence-corrected chi connectivity index (χ4v) is 4.64. The van der Waals surface area contributed by atoms with E-state index in [1.165, 1.54) is 18.3 Å². The number of nitrogens with zero attached hydrogens (tertiary/aromatic N) is 2.